The molecule has 2 nitrogen and oxygen atoms in total. The Morgan fingerprint density at radius 1 is 0.558 bits per heavy atom. The van der Waals surface area contributed by atoms with Crippen molar-refractivity contribution in [1.82, 2.24) is 4.57 Å². The van der Waals surface area contributed by atoms with E-state index in [-0.39, 0.29) is 0 Å². The predicted octanol–water partition coefficient (Wildman–Crippen LogP) is 11.7. The summed E-state index contributed by atoms with van der Waals surface area (Å²) in [6.45, 7) is 8.96. The number of furan rings is 1. The number of hydrogen-bond donors (Lipinski definition) is 0. The topological polar surface area (TPSA) is 18.1 Å². The Balaban J connectivity index is 1.33. The molecule has 0 amide bonds. The van der Waals surface area contributed by atoms with E-state index in [0.717, 1.165) is 27.6 Å². The van der Waals surface area contributed by atoms with Gasteiger partial charge in [0.1, 0.15) is 11.2 Å². The minimum atomic E-state index is 0.915. The van der Waals surface area contributed by atoms with Crippen molar-refractivity contribution in [3.8, 4) is 16.8 Å². The van der Waals surface area contributed by atoms with Gasteiger partial charge in [-0.2, -0.15) is 0 Å². The lowest BCUT2D eigenvalue weighted by Gasteiger charge is -2.18. The molecule has 6 aromatic carbocycles. The fourth-order valence-corrected chi connectivity index (χ4v) is 7.88. The van der Waals surface area contributed by atoms with Crippen LogP contribution in [-0.2, 0) is 0 Å². The molecule has 0 aliphatic carbocycles. The van der Waals surface area contributed by atoms with Crippen molar-refractivity contribution < 1.29 is 4.42 Å². The first kappa shape index (κ1) is 25.9. The minimum absolute atomic E-state index is 0.915. The quantitative estimate of drug-likeness (QED) is 0.208. The Morgan fingerprint density at radius 3 is 2.14 bits per heavy atom. The number of hydrogen-bond acceptors (Lipinski definition) is 2. The van der Waals surface area contributed by atoms with Gasteiger partial charge >= 0.3 is 0 Å². The lowest BCUT2D eigenvalue weighted by Crippen LogP contribution is -1.95. The predicted molar refractivity (Wildman–Crippen MR) is 183 cm³/mol. The molecule has 0 fully saturated rings. The minimum Gasteiger partial charge on any atom is -0.456 e. The Hall–Kier alpha value is -4.73. The summed E-state index contributed by atoms with van der Waals surface area (Å²) in [5, 5.41) is 4.87. The van der Waals surface area contributed by atoms with Crippen LogP contribution in [0.4, 0.5) is 0 Å². The zero-order valence-electron chi connectivity index (χ0n) is 24.7. The van der Waals surface area contributed by atoms with E-state index in [9.17, 15) is 0 Å². The number of rotatable bonds is 4. The molecule has 0 atom stereocenters. The number of nitrogens with zero attached hydrogens (tertiary/aromatic N) is 1. The molecule has 0 unspecified atom stereocenters. The lowest BCUT2D eigenvalue weighted by molar-refractivity contribution is 0.669. The Kier molecular flexibility index (Phi) is 5.99. The van der Waals surface area contributed by atoms with Gasteiger partial charge in [-0.05, 0) is 104 Å². The molecule has 3 heteroatoms. The second kappa shape index (κ2) is 9.93. The first-order chi connectivity index (χ1) is 21.0. The maximum Gasteiger partial charge on any atom is 0.135 e. The van der Waals surface area contributed by atoms with E-state index in [1.54, 1.807) is 0 Å². The summed E-state index contributed by atoms with van der Waals surface area (Å²) in [7, 11) is 0. The molecule has 0 saturated carbocycles. The van der Waals surface area contributed by atoms with E-state index < -0.39 is 0 Å². The zero-order chi connectivity index (χ0) is 29.2. The fourth-order valence-electron chi connectivity index (χ4n) is 6.67. The normalized spacial score (nSPS) is 11.8. The molecule has 0 aliphatic rings. The van der Waals surface area contributed by atoms with Gasteiger partial charge in [-0.3, -0.25) is 0 Å². The van der Waals surface area contributed by atoms with Crippen molar-refractivity contribution in [3.05, 3.63) is 138 Å². The third-order valence-corrected chi connectivity index (χ3v) is 10.2. The highest BCUT2D eigenvalue weighted by molar-refractivity contribution is 7.99. The smallest absolute Gasteiger partial charge is 0.135 e. The number of aryl methyl sites for hydroxylation is 4. The zero-order valence-corrected chi connectivity index (χ0v) is 25.5. The first-order valence-corrected chi connectivity index (χ1v) is 15.6. The highest BCUT2D eigenvalue weighted by atomic mass is 32.2. The van der Waals surface area contributed by atoms with Crippen LogP contribution in [0.25, 0.3) is 60.6 Å². The third-order valence-electron chi connectivity index (χ3n) is 8.86. The van der Waals surface area contributed by atoms with E-state index in [1.807, 2.05) is 23.9 Å². The van der Waals surface area contributed by atoms with Gasteiger partial charge < -0.3 is 8.98 Å². The molecular weight excluding hydrogens is 543 g/mol. The summed E-state index contributed by atoms with van der Waals surface area (Å²) in [6.07, 6.45) is 0. The second-order valence-corrected chi connectivity index (χ2v) is 12.6. The monoisotopic (exact) mass is 573 g/mol. The summed E-state index contributed by atoms with van der Waals surface area (Å²) in [5.74, 6) is 0. The van der Waals surface area contributed by atoms with Crippen molar-refractivity contribution in [2.75, 3.05) is 0 Å². The van der Waals surface area contributed by atoms with Crippen LogP contribution in [0.1, 0.15) is 22.3 Å². The van der Waals surface area contributed by atoms with Crippen LogP contribution in [-0.4, -0.2) is 4.57 Å². The lowest BCUT2D eigenvalue weighted by atomic mass is 9.95. The molecule has 0 saturated heterocycles. The molecular formula is C40H31NOS. The van der Waals surface area contributed by atoms with Crippen LogP contribution in [0.3, 0.4) is 0 Å². The van der Waals surface area contributed by atoms with Gasteiger partial charge in [0, 0.05) is 37.0 Å². The molecule has 8 aromatic rings. The van der Waals surface area contributed by atoms with Gasteiger partial charge in [0.05, 0.1) is 11.0 Å². The van der Waals surface area contributed by atoms with Gasteiger partial charge in [0.15, 0.2) is 0 Å². The summed E-state index contributed by atoms with van der Waals surface area (Å²) < 4.78 is 8.55. The van der Waals surface area contributed by atoms with Crippen LogP contribution in [0.15, 0.2) is 129 Å². The van der Waals surface area contributed by atoms with Gasteiger partial charge in [0.25, 0.3) is 0 Å². The van der Waals surface area contributed by atoms with Gasteiger partial charge in [0.2, 0.25) is 0 Å². The Labute approximate surface area is 255 Å². The van der Waals surface area contributed by atoms with Crippen molar-refractivity contribution in [3.63, 3.8) is 0 Å². The first-order valence-electron chi connectivity index (χ1n) is 14.8. The van der Waals surface area contributed by atoms with Crippen LogP contribution in [0.2, 0.25) is 0 Å². The molecule has 0 aliphatic heterocycles. The van der Waals surface area contributed by atoms with Crippen LogP contribution < -0.4 is 0 Å². The van der Waals surface area contributed by atoms with Crippen LogP contribution >= 0.6 is 11.8 Å². The third kappa shape index (κ3) is 4.03. The van der Waals surface area contributed by atoms with Crippen molar-refractivity contribution in [2.24, 2.45) is 0 Å². The van der Waals surface area contributed by atoms with Gasteiger partial charge in [-0.1, -0.05) is 84.6 Å². The average molecular weight is 574 g/mol. The number of para-hydroxylation sites is 2. The average Bonchev–Trinajstić information content (AvgIpc) is 3.56. The van der Waals surface area contributed by atoms with Crippen LogP contribution in [0.5, 0.6) is 0 Å². The molecule has 208 valence electrons. The molecule has 0 bridgehead atoms. The van der Waals surface area contributed by atoms with Crippen molar-refractivity contribution >= 4 is 55.5 Å². The number of aromatic nitrogens is 1. The molecule has 0 spiro atoms. The fraction of sp³-hybridized carbons (Fsp3) is 0.100. The Morgan fingerprint density at radius 2 is 1.28 bits per heavy atom. The highest BCUT2D eigenvalue weighted by Gasteiger charge is 2.20. The van der Waals surface area contributed by atoms with E-state index in [2.05, 4.69) is 135 Å². The largest absolute Gasteiger partial charge is 0.456 e. The SMILES string of the molecule is Cc1ccccc1-c1c(C)ccc(C)c1Sc1ccc2c(c1C)c1ccccc1n2-c1ccc2oc3ccccc3c2c1. The van der Waals surface area contributed by atoms with Gasteiger partial charge in [-0.25, -0.2) is 0 Å². The highest BCUT2D eigenvalue weighted by Crippen LogP contribution is 2.45. The van der Waals surface area contributed by atoms with E-state index in [0.29, 0.717) is 0 Å². The summed E-state index contributed by atoms with van der Waals surface area (Å²) in [5.41, 5.74) is 13.3. The van der Waals surface area contributed by atoms with E-state index in [4.69, 9.17) is 4.42 Å². The standard InChI is InChI=1S/C40H31NOS/c1-24-11-5-6-12-29(24)38-25(2)17-18-26(3)40(38)43-37-22-20-34-39(27(37)4)31-14-7-9-15-33(31)41(34)28-19-21-36-32(23-28)30-13-8-10-16-35(30)42-36/h5-23H,1-4H3. The number of benzene rings is 6. The molecule has 0 radical (unpaired) electrons. The summed E-state index contributed by atoms with van der Waals surface area (Å²) in [4.78, 5) is 2.62. The number of fused-ring (bicyclic) bond motifs is 6. The molecule has 8 rings (SSSR count). The summed E-state index contributed by atoms with van der Waals surface area (Å²) >= 11 is 1.90. The molecule has 2 heterocycles. The van der Waals surface area contributed by atoms with Crippen LogP contribution in [0, 0.1) is 27.7 Å². The molecule has 43 heavy (non-hydrogen) atoms. The molecule has 2 aromatic heterocycles. The summed E-state index contributed by atoms with van der Waals surface area (Å²) in [6, 6.07) is 41.5. The van der Waals surface area contributed by atoms with E-state index in [1.165, 1.54) is 65.0 Å². The second-order valence-electron chi connectivity index (χ2n) is 11.5. The Bertz CT molecular complexity index is 2370. The maximum absolute atomic E-state index is 6.15. The molecule has 0 N–H and O–H groups in total. The van der Waals surface area contributed by atoms with E-state index >= 15 is 0 Å². The van der Waals surface area contributed by atoms with Crippen molar-refractivity contribution in [2.45, 2.75) is 37.5 Å². The van der Waals surface area contributed by atoms with Crippen molar-refractivity contribution in [1.29, 1.82) is 0 Å². The van der Waals surface area contributed by atoms with Gasteiger partial charge in [-0.15, -0.1) is 0 Å². The maximum atomic E-state index is 6.15.